The Kier molecular flexibility index (Phi) is 5.25. The van der Waals surface area contributed by atoms with Crippen molar-refractivity contribution in [3.8, 4) is 11.5 Å². The van der Waals surface area contributed by atoms with Crippen LogP contribution in [0.1, 0.15) is 26.3 Å². The Labute approximate surface area is 177 Å². The summed E-state index contributed by atoms with van der Waals surface area (Å²) in [5, 5.41) is 0.576. The Morgan fingerprint density at radius 1 is 0.933 bits per heavy atom. The number of benzene rings is 3. The lowest BCUT2D eigenvalue weighted by atomic mass is 10.1. The molecule has 7 heteroatoms. The van der Waals surface area contributed by atoms with E-state index in [0.29, 0.717) is 27.6 Å². The molecule has 150 valence electrons. The van der Waals surface area contributed by atoms with Gasteiger partial charge in [-0.1, -0.05) is 29.8 Å². The van der Waals surface area contributed by atoms with E-state index in [1.807, 2.05) is 6.92 Å². The van der Waals surface area contributed by atoms with Gasteiger partial charge in [0.05, 0.1) is 16.8 Å². The van der Waals surface area contributed by atoms with Gasteiger partial charge in [-0.05, 0) is 55.0 Å². The number of halogens is 1. The summed E-state index contributed by atoms with van der Waals surface area (Å²) < 4.78 is 10.8. The van der Waals surface area contributed by atoms with E-state index in [9.17, 15) is 14.4 Å². The molecule has 1 aliphatic rings. The zero-order chi connectivity index (χ0) is 21.3. The largest absolute Gasteiger partial charge is 0.482 e. The number of carbonyl (C=O) groups excluding carboxylic acids is 3. The number of esters is 1. The Morgan fingerprint density at radius 3 is 2.30 bits per heavy atom. The molecule has 0 atom stereocenters. The molecule has 3 aromatic carbocycles. The van der Waals surface area contributed by atoms with Crippen molar-refractivity contribution >= 4 is 35.1 Å². The van der Waals surface area contributed by atoms with E-state index in [2.05, 4.69) is 0 Å². The summed E-state index contributed by atoms with van der Waals surface area (Å²) in [6.45, 7) is 1.51. The highest BCUT2D eigenvalue weighted by Gasteiger charge is 2.36. The van der Waals surface area contributed by atoms with Crippen LogP contribution in [0, 0.1) is 6.92 Å². The smallest absolute Gasteiger partial charge is 0.349 e. The fourth-order valence-corrected chi connectivity index (χ4v) is 3.41. The van der Waals surface area contributed by atoms with Crippen molar-refractivity contribution in [2.75, 3.05) is 11.5 Å². The van der Waals surface area contributed by atoms with Crippen molar-refractivity contribution in [2.24, 2.45) is 0 Å². The summed E-state index contributed by atoms with van der Waals surface area (Å²) in [7, 11) is 0. The first-order valence-electron chi connectivity index (χ1n) is 9.11. The number of hydrogen-bond donors (Lipinski definition) is 0. The summed E-state index contributed by atoms with van der Waals surface area (Å²) in [6.07, 6.45) is 0. The summed E-state index contributed by atoms with van der Waals surface area (Å²) in [6, 6.07) is 17.9. The first-order chi connectivity index (χ1) is 14.4. The highest BCUT2D eigenvalue weighted by atomic mass is 35.5. The molecule has 0 spiro atoms. The van der Waals surface area contributed by atoms with Crippen LogP contribution in [-0.2, 0) is 4.79 Å². The van der Waals surface area contributed by atoms with Gasteiger partial charge in [-0.2, -0.15) is 0 Å². The van der Waals surface area contributed by atoms with E-state index in [1.165, 1.54) is 6.07 Å². The van der Waals surface area contributed by atoms with Gasteiger partial charge < -0.3 is 9.47 Å². The van der Waals surface area contributed by atoms with Gasteiger partial charge in [0, 0.05) is 11.1 Å². The summed E-state index contributed by atoms with van der Waals surface area (Å²) in [5.74, 6) is -0.730. The maximum atomic E-state index is 12.6. The molecule has 0 N–H and O–H groups in total. The molecule has 2 amide bonds. The number of fused-ring (bicyclic) bond motifs is 1. The van der Waals surface area contributed by atoms with Crippen molar-refractivity contribution in [3.05, 3.63) is 88.4 Å². The molecule has 0 unspecified atom stereocenters. The third kappa shape index (κ3) is 3.77. The van der Waals surface area contributed by atoms with E-state index in [-0.39, 0.29) is 12.4 Å². The molecule has 3 aromatic rings. The number of ether oxygens (including phenoxy) is 2. The van der Waals surface area contributed by atoms with Crippen LogP contribution in [-0.4, -0.2) is 24.4 Å². The van der Waals surface area contributed by atoms with E-state index in [4.69, 9.17) is 21.1 Å². The lowest BCUT2D eigenvalue weighted by Gasteiger charge is -2.15. The normalized spacial score (nSPS) is 12.7. The van der Waals surface area contributed by atoms with Crippen LogP contribution in [0.3, 0.4) is 0 Å². The summed E-state index contributed by atoms with van der Waals surface area (Å²) in [4.78, 5) is 38.5. The number of hydrogen-bond acceptors (Lipinski definition) is 5. The number of amides is 2. The van der Waals surface area contributed by atoms with Crippen LogP contribution < -0.4 is 14.4 Å². The van der Waals surface area contributed by atoms with Crippen LogP contribution in [0.4, 0.5) is 5.69 Å². The molecule has 0 bridgehead atoms. The molecule has 0 saturated heterocycles. The average molecular weight is 422 g/mol. The summed E-state index contributed by atoms with van der Waals surface area (Å²) >= 11 is 5.91. The molecular weight excluding hydrogens is 406 g/mol. The number of rotatable bonds is 5. The maximum Gasteiger partial charge on any atom is 0.349 e. The second-order valence-corrected chi connectivity index (χ2v) is 7.10. The van der Waals surface area contributed by atoms with Crippen molar-refractivity contribution in [1.29, 1.82) is 0 Å². The van der Waals surface area contributed by atoms with E-state index in [0.717, 1.165) is 10.5 Å². The molecule has 0 aliphatic carbocycles. The molecule has 30 heavy (non-hydrogen) atoms. The van der Waals surface area contributed by atoms with Crippen LogP contribution in [0.5, 0.6) is 11.5 Å². The van der Waals surface area contributed by atoms with Crippen LogP contribution in [0.2, 0.25) is 5.02 Å². The maximum absolute atomic E-state index is 12.6. The van der Waals surface area contributed by atoms with Crippen LogP contribution >= 0.6 is 11.6 Å². The topological polar surface area (TPSA) is 72.9 Å². The van der Waals surface area contributed by atoms with Gasteiger partial charge in [0.15, 0.2) is 6.61 Å². The van der Waals surface area contributed by atoms with E-state index in [1.54, 1.807) is 60.7 Å². The predicted molar refractivity (Wildman–Crippen MR) is 111 cm³/mol. The predicted octanol–water partition coefficient (Wildman–Crippen LogP) is 4.43. The fraction of sp³-hybridized carbons (Fsp3) is 0.0870. The molecule has 4 rings (SSSR count). The Balaban J connectivity index is 1.46. The highest BCUT2D eigenvalue weighted by Crippen LogP contribution is 2.30. The zero-order valence-electron chi connectivity index (χ0n) is 15.9. The average Bonchev–Trinajstić information content (AvgIpc) is 2.98. The SMILES string of the molecule is Cc1cc(Cl)ccc1OCC(=O)Oc1cccc(N2C(=O)c3ccccc3C2=O)c1. The number of aryl methyl sites for hydroxylation is 1. The summed E-state index contributed by atoms with van der Waals surface area (Å²) in [5.41, 5.74) is 1.80. The van der Waals surface area contributed by atoms with Gasteiger partial charge in [0.1, 0.15) is 11.5 Å². The molecule has 0 saturated carbocycles. The van der Waals surface area contributed by atoms with E-state index >= 15 is 0 Å². The molecular formula is C23H16ClNO5. The third-order valence-electron chi connectivity index (χ3n) is 4.58. The van der Waals surface area contributed by atoms with Crippen LogP contribution in [0.25, 0.3) is 0 Å². The monoisotopic (exact) mass is 421 g/mol. The molecule has 1 heterocycles. The number of anilines is 1. The van der Waals surface area contributed by atoms with Gasteiger partial charge in [0.25, 0.3) is 11.8 Å². The number of imide groups is 1. The lowest BCUT2D eigenvalue weighted by Crippen LogP contribution is -2.29. The van der Waals surface area contributed by atoms with Gasteiger partial charge in [-0.3, -0.25) is 9.59 Å². The number of nitrogens with zero attached hydrogens (tertiary/aromatic N) is 1. The quantitative estimate of drug-likeness (QED) is 0.346. The standard InChI is InChI=1S/C23H16ClNO5/c1-14-11-15(24)9-10-20(14)29-13-21(26)30-17-6-4-5-16(12-17)25-22(27)18-7-2-3-8-19(18)23(25)28/h2-12H,13H2,1H3. The zero-order valence-corrected chi connectivity index (χ0v) is 16.7. The Bertz CT molecular complexity index is 1140. The highest BCUT2D eigenvalue weighted by molar-refractivity contribution is 6.34. The minimum atomic E-state index is -0.621. The molecule has 0 fully saturated rings. The fourth-order valence-electron chi connectivity index (χ4n) is 3.18. The van der Waals surface area contributed by atoms with Gasteiger partial charge >= 0.3 is 5.97 Å². The first kappa shape index (κ1) is 19.7. The van der Waals surface area contributed by atoms with Gasteiger partial charge in [0.2, 0.25) is 0 Å². The van der Waals surface area contributed by atoms with Crippen molar-refractivity contribution < 1.29 is 23.9 Å². The molecule has 1 aliphatic heterocycles. The Morgan fingerprint density at radius 2 is 1.63 bits per heavy atom. The van der Waals surface area contributed by atoms with E-state index < -0.39 is 17.8 Å². The van der Waals surface area contributed by atoms with Crippen LogP contribution in [0.15, 0.2) is 66.7 Å². The molecule has 6 nitrogen and oxygen atoms in total. The molecule has 0 aromatic heterocycles. The lowest BCUT2D eigenvalue weighted by molar-refractivity contribution is -0.136. The minimum absolute atomic E-state index is 0.200. The van der Waals surface area contributed by atoms with Crippen molar-refractivity contribution in [1.82, 2.24) is 0 Å². The second-order valence-electron chi connectivity index (χ2n) is 6.66. The van der Waals surface area contributed by atoms with Gasteiger partial charge in [-0.25, -0.2) is 9.69 Å². The van der Waals surface area contributed by atoms with Crippen molar-refractivity contribution in [2.45, 2.75) is 6.92 Å². The number of carbonyl (C=O) groups is 3. The second kappa shape index (κ2) is 8.00. The Hall–Kier alpha value is -3.64. The first-order valence-corrected chi connectivity index (χ1v) is 9.49. The third-order valence-corrected chi connectivity index (χ3v) is 4.82. The van der Waals surface area contributed by atoms with Crippen molar-refractivity contribution in [3.63, 3.8) is 0 Å². The molecule has 0 radical (unpaired) electrons. The van der Waals surface area contributed by atoms with Gasteiger partial charge in [-0.15, -0.1) is 0 Å². The minimum Gasteiger partial charge on any atom is -0.482 e.